The predicted octanol–water partition coefficient (Wildman–Crippen LogP) is 2.59. The number of alkyl halides is 1. The van der Waals surface area contributed by atoms with Gasteiger partial charge in [0.2, 0.25) is 0 Å². The predicted molar refractivity (Wildman–Crippen MR) is 129 cm³/mol. The molecule has 3 saturated carbocycles. The van der Waals surface area contributed by atoms with Crippen LogP contribution in [0.15, 0.2) is 23.8 Å². The summed E-state index contributed by atoms with van der Waals surface area (Å²) in [6, 6.07) is 0. The largest absolute Gasteiger partial charge is 0.390 e. The third kappa shape index (κ3) is 3.49. The Bertz CT molecular complexity index is 901. The summed E-state index contributed by atoms with van der Waals surface area (Å²) in [5.74, 6) is -1.10. The molecule has 6 nitrogen and oxygen atoms in total. The van der Waals surface area contributed by atoms with Gasteiger partial charge in [0.25, 0.3) is 0 Å². The average Bonchev–Trinajstić information content (AvgIpc) is 3.07. The number of halogens is 1. The first-order valence-corrected chi connectivity index (χ1v) is 13.0. The Balaban J connectivity index is 1.55. The monoisotopic (exact) mass is 476 g/mol. The molecule has 3 N–H and O–H groups in total. The van der Waals surface area contributed by atoms with Crippen LogP contribution in [-0.4, -0.2) is 76.8 Å². The molecule has 0 aromatic carbocycles. The summed E-state index contributed by atoms with van der Waals surface area (Å²) in [6.07, 6.45) is 5.19. The lowest BCUT2D eigenvalue weighted by atomic mass is 9.44. The van der Waals surface area contributed by atoms with Crippen LogP contribution in [0.3, 0.4) is 0 Å². The number of allylic oxidation sites excluding steroid dienone is 4. The second-order valence-corrected chi connectivity index (χ2v) is 11.3. The van der Waals surface area contributed by atoms with Crippen molar-refractivity contribution >= 4 is 11.6 Å². The number of rotatable bonds is 8. The highest BCUT2D eigenvalue weighted by atomic mass is 19.1. The van der Waals surface area contributed by atoms with E-state index in [-0.39, 0.29) is 36.9 Å². The molecule has 0 radical (unpaired) electrons. The van der Waals surface area contributed by atoms with Crippen molar-refractivity contribution in [3.05, 3.63) is 23.8 Å². The van der Waals surface area contributed by atoms with Crippen molar-refractivity contribution in [3.63, 3.8) is 0 Å². The molecule has 0 amide bonds. The van der Waals surface area contributed by atoms with Crippen molar-refractivity contribution in [1.29, 1.82) is 0 Å². The Morgan fingerprint density at radius 1 is 1.24 bits per heavy atom. The number of ketones is 2. The fourth-order valence-electron chi connectivity index (χ4n) is 7.80. The number of carbonyl (C=O) groups excluding carboxylic acids is 2. The van der Waals surface area contributed by atoms with Gasteiger partial charge in [0.05, 0.1) is 12.6 Å². The molecule has 4 aliphatic carbocycles. The molecule has 0 heterocycles. The molecule has 0 spiro atoms. The SMILES string of the molecule is CCN(CC)CCNCC(=O)[C@@]1(O)CC[C@H]2[C@@H]3CCC4=CC(=O)C=C[C@]4(C)[C@@]3(F)C(O)C[C@@]21C. The van der Waals surface area contributed by atoms with Crippen LogP contribution in [-0.2, 0) is 9.59 Å². The molecular formula is C27H41FN2O4. The molecule has 0 bridgehead atoms. The smallest absolute Gasteiger partial charge is 0.178 e. The zero-order chi connectivity index (χ0) is 24.9. The van der Waals surface area contributed by atoms with Crippen LogP contribution in [0, 0.1) is 22.7 Å². The van der Waals surface area contributed by atoms with E-state index in [1.165, 1.54) is 12.2 Å². The highest BCUT2D eigenvalue weighted by Gasteiger charge is 2.73. The van der Waals surface area contributed by atoms with E-state index in [1.54, 1.807) is 13.0 Å². The van der Waals surface area contributed by atoms with Gasteiger partial charge in [-0.3, -0.25) is 9.59 Å². The van der Waals surface area contributed by atoms with Crippen LogP contribution in [0.2, 0.25) is 0 Å². The standard InChI is InChI=1S/C27H41FN2O4/c1-5-30(6-2)14-13-29-17-23(33)26(34)12-10-20-21-8-7-18-15-19(31)9-11-24(18,3)27(21,28)22(32)16-25(20,26)4/h9,11,15,20-22,29,32,34H,5-8,10,12-14,16-17H2,1-4H3/t20-,21-,22?,24-,25-,26-,27-/m0/s1. The first-order chi connectivity index (χ1) is 16.0. The summed E-state index contributed by atoms with van der Waals surface area (Å²) in [5.41, 5.74) is -4.73. The van der Waals surface area contributed by atoms with Gasteiger partial charge in [0, 0.05) is 29.8 Å². The van der Waals surface area contributed by atoms with Gasteiger partial charge in [-0.1, -0.05) is 32.4 Å². The van der Waals surface area contributed by atoms with Crippen molar-refractivity contribution in [2.75, 3.05) is 32.7 Å². The Labute approximate surface area is 202 Å². The number of Topliss-reactive ketones (excluding diaryl/α,β-unsaturated/α-hetero) is 1. The fraction of sp³-hybridized carbons (Fsp3) is 0.778. The number of hydrogen-bond acceptors (Lipinski definition) is 6. The van der Waals surface area contributed by atoms with Crippen LogP contribution in [0.5, 0.6) is 0 Å². The summed E-state index contributed by atoms with van der Waals surface area (Å²) in [4.78, 5) is 27.5. The van der Waals surface area contributed by atoms with Gasteiger partial charge in [-0.2, -0.15) is 0 Å². The molecule has 7 heteroatoms. The van der Waals surface area contributed by atoms with E-state index in [0.29, 0.717) is 25.8 Å². The number of likely N-dealkylation sites (N-methyl/N-ethyl adjacent to an activating group) is 1. The number of hydrogen-bond donors (Lipinski definition) is 3. The number of carbonyl (C=O) groups is 2. The van der Waals surface area contributed by atoms with Crippen molar-refractivity contribution in [1.82, 2.24) is 10.2 Å². The Kier molecular flexibility index (Phi) is 6.73. The highest BCUT2D eigenvalue weighted by Crippen LogP contribution is 2.69. The Morgan fingerprint density at radius 2 is 1.94 bits per heavy atom. The maximum absolute atomic E-state index is 17.1. The van der Waals surface area contributed by atoms with Gasteiger partial charge in [-0.15, -0.1) is 0 Å². The lowest BCUT2D eigenvalue weighted by Gasteiger charge is -2.62. The van der Waals surface area contributed by atoms with Crippen molar-refractivity contribution in [3.8, 4) is 0 Å². The van der Waals surface area contributed by atoms with Gasteiger partial charge >= 0.3 is 0 Å². The third-order valence-electron chi connectivity index (χ3n) is 10.0. The lowest BCUT2D eigenvalue weighted by Crippen LogP contribution is -2.69. The van der Waals surface area contributed by atoms with E-state index in [1.807, 2.05) is 6.92 Å². The van der Waals surface area contributed by atoms with Crippen LogP contribution in [0.4, 0.5) is 4.39 Å². The Hall–Kier alpha value is -1.41. The molecule has 3 fully saturated rings. The molecule has 0 aromatic heterocycles. The van der Waals surface area contributed by atoms with E-state index in [0.717, 1.165) is 25.2 Å². The number of aliphatic hydroxyl groups is 2. The first-order valence-electron chi connectivity index (χ1n) is 13.0. The molecule has 34 heavy (non-hydrogen) atoms. The topological polar surface area (TPSA) is 89.9 Å². The summed E-state index contributed by atoms with van der Waals surface area (Å²) in [5, 5.41) is 26.2. The minimum Gasteiger partial charge on any atom is -0.390 e. The van der Waals surface area contributed by atoms with Gasteiger partial charge in [0.15, 0.2) is 17.2 Å². The molecule has 190 valence electrons. The molecule has 0 saturated heterocycles. The normalized spacial score (nSPS) is 43.4. The van der Waals surface area contributed by atoms with Gasteiger partial charge < -0.3 is 20.4 Å². The summed E-state index contributed by atoms with van der Waals surface area (Å²) in [7, 11) is 0. The molecule has 7 atom stereocenters. The third-order valence-corrected chi connectivity index (χ3v) is 10.0. The zero-order valence-corrected chi connectivity index (χ0v) is 21.1. The quantitative estimate of drug-likeness (QED) is 0.467. The summed E-state index contributed by atoms with van der Waals surface area (Å²) in [6.45, 7) is 11.3. The number of fused-ring (bicyclic) bond motifs is 5. The molecule has 4 aliphatic rings. The van der Waals surface area contributed by atoms with E-state index in [9.17, 15) is 19.8 Å². The maximum Gasteiger partial charge on any atom is 0.178 e. The number of aliphatic hydroxyl groups excluding tert-OH is 1. The van der Waals surface area contributed by atoms with Gasteiger partial charge in [0.1, 0.15) is 5.60 Å². The maximum atomic E-state index is 17.1. The van der Waals surface area contributed by atoms with Crippen LogP contribution in [0.25, 0.3) is 0 Å². The first kappa shape index (κ1) is 25.7. The zero-order valence-electron chi connectivity index (χ0n) is 21.1. The second-order valence-electron chi connectivity index (χ2n) is 11.3. The van der Waals surface area contributed by atoms with Crippen molar-refractivity contribution in [2.24, 2.45) is 22.7 Å². The minimum atomic E-state index is -1.94. The van der Waals surface area contributed by atoms with E-state index < -0.39 is 34.1 Å². The Morgan fingerprint density at radius 3 is 2.62 bits per heavy atom. The average molecular weight is 477 g/mol. The molecular weight excluding hydrogens is 435 g/mol. The lowest BCUT2D eigenvalue weighted by molar-refractivity contribution is -0.216. The second kappa shape index (κ2) is 8.91. The fourth-order valence-corrected chi connectivity index (χ4v) is 7.80. The molecule has 0 aliphatic heterocycles. The van der Waals surface area contributed by atoms with Crippen LogP contribution >= 0.6 is 0 Å². The van der Waals surface area contributed by atoms with E-state index in [2.05, 4.69) is 24.1 Å². The van der Waals surface area contributed by atoms with Crippen LogP contribution in [0.1, 0.15) is 59.8 Å². The van der Waals surface area contributed by atoms with Crippen LogP contribution < -0.4 is 5.32 Å². The highest BCUT2D eigenvalue weighted by molar-refractivity contribution is 6.01. The number of nitrogens with one attached hydrogen (secondary N) is 1. The van der Waals surface area contributed by atoms with Crippen molar-refractivity contribution < 1.29 is 24.2 Å². The van der Waals surface area contributed by atoms with Gasteiger partial charge in [-0.05, 0) is 70.2 Å². The van der Waals surface area contributed by atoms with Gasteiger partial charge in [-0.25, -0.2) is 4.39 Å². The summed E-state index contributed by atoms with van der Waals surface area (Å²) < 4.78 is 17.1. The van der Waals surface area contributed by atoms with E-state index in [4.69, 9.17) is 0 Å². The van der Waals surface area contributed by atoms with E-state index >= 15 is 4.39 Å². The minimum absolute atomic E-state index is 0.0248. The molecule has 1 unspecified atom stereocenters. The molecule has 0 aromatic rings. The van der Waals surface area contributed by atoms with Crippen molar-refractivity contribution in [2.45, 2.75) is 77.2 Å². The molecule has 4 rings (SSSR count). The number of nitrogens with zero attached hydrogens (tertiary/aromatic N) is 1. The summed E-state index contributed by atoms with van der Waals surface area (Å²) >= 11 is 0.